The van der Waals surface area contributed by atoms with Gasteiger partial charge in [-0.05, 0) is 124 Å². The Labute approximate surface area is 661 Å². The first-order chi connectivity index (χ1) is 54.1. The zero-order chi connectivity index (χ0) is 84.2. The van der Waals surface area contributed by atoms with E-state index in [4.69, 9.17) is 39.1 Å². The van der Waals surface area contributed by atoms with Crippen LogP contribution < -0.4 is 103 Å². The minimum Gasteiger partial charge on any atom is -0.492 e. The van der Waals surface area contributed by atoms with Crippen molar-refractivity contribution in [3.63, 3.8) is 0 Å². The minimum atomic E-state index is -2.09. The van der Waals surface area contributed by atoms with Gasteiger partial charge in [-0.2, -0.15) is 11.8 Å². The van der Waals surface area contributed by atoms with E-state index in [9.17, 15) is 72.5 Å². The van der Waals surface area contributed by atoms with Crippen molar-refractivity contribution in [2.24, 2.45) is 34.4 Å². The number of fused-ring (bicyclic) bond motifs is 1. The van der Waals surface area contributed by atoms with Crippen LogP contribution in [0.25, 0.3) is 10.8 Å². The monoisotopic (exact) mass is 1610 g/mol. The highest BCUT2D eigenvalue weighted by molar-refractivity contribution is 7.99. The van der Waals surface area contributed by atoms with Crippen LogP contribution in [-0.2, 0) is 101 Å². The van der Waals surface area contributed by atoms with E-state index in [1.54, 1.807) is 91.0 Å². The van der Waals surface area contributed by atoms with Gasteiger partial charge in [0.05, 0.1) is 19.1 Å². The van der Waals surface area contributed by atoms with E-state index in [2.05, 4.69) is 63.8 Å². The molecule has 5 rings (SSSR count). The van der Waals surface area contributed by atoms with Crippen LogP contribution in [0.5, 0.6) is 5.75 Å². The second kappa shape index (κ2) is 46.9. The van der Waals surface area contributed by atoms with Crippen LogP contribution in [0.1, 0.15) is 115 Å². The summed E-state index contributed by atoms with van der Waals surface area (Å²) in [5, 5.41) is 52.4. The van der Waals surface area contributed by atoms with E-state index in [0.717, 1.165) is 31.0 Å². The van der Waals surface area contributed by atoms with Gasteiger partial charge in [-0.15, -0.1) is 0 Å². The molecule has 0 aromatic heterocycles. The Hall–Kier alpha value is -11.8. The second-order valence-corrected chi connectivity index (χ2v) is 28.7. The van der Waals surface area contributed by atoms with Gasteiger partial charge in [-0.25, -0.2) is 0 Å². The molecule has 0 bridgehead atoms. The quantitative estimate of drug-likeness (QED) is 0.0185. The number of nitrogens with one attached hydrogen (secondary N) is 12. The summed E-state index contributed by atoms with van der Waals surface area (Å²) in [6.45, 7) is 3.14. The number of hydrogen-bond acceptors (Lipinski definition) is 22. The molecule has 114 heavy (non-hydrogen) atoms. The highest BCUT2D eigenvalue weighted by Crippen LogP contribution is 2.22. The summed E-state index contributed by atoms with van der Waals surface area (Å²) in [5.41, 5.74) is 32.6. The van der Waals surface area contributed by atoms with Crippen molar-refractivity contribution < 1.29 is 96.5 Å². The van der Waals surface area contributed by atoms with Crippen molar-refractivity contribution in [2.75, 3.05) is 37.7 Å². The lowest BCUT2D eigenvalue weighted by molar-refractivity contribution is -0.140. The summed E-state index contributed by atoms with van der Waals surface area (Å²) >= 11 is 0.918. The lowest BCUT2D eigenvalue weighted by Crippen LogP contribution is -2.64. The summed E-state index contributed by atoms with van der Waals surface area (Å²) in [7, 11) is 0. The fourth-order valence-electron chi connectivity index (χ4n) is 11.9. The number of unbranched alkanes of at least 4 members (excludes halogenated alkanes) is 1. The first kappa shape index (κ1) is 92.8. The van der Waals surface area contributed by atoms with Gasteiger partial charge in [0.2, 0.25) is 94.5 Å². The lowest BCUT2D eigenvalue weighted by atomic mass is 9.91. The Bertz CT molecular complexity index is 4070. The molecular formula is C75H104N18O20S. The summed E-state index contributed by atoms with van der Waals surface area (Å²) < 4.78 is 5.70. The summed E-state index contributed by atoms with van der Waals surface area (Å²) in [6.07, 6.45) is -6.91. The zero-order valence-electron chi connectivity index (χ0n) is 63.6. The van der Waals surface area contributed by atoms with Crippen LogP contribution in [0.2, 0.25) is 0 Å². The molecule has 1 fully saturated rings. The van der Waals surface area contributed by atoms with Crippen LogP contribution in [0.4, 0.5) is 0 Å². The summed E-state index contributed by atoms with van der Waals surface area (Å²) in [6, 6.07) is 10.0. The molecule has 0 spiro atoms. The minimum absolute atomic E-state index is 0.0902. The number of ether oxygens (including phenoxy) is 1. The van der Waals surface area contributed by atoms with Crippen molar-refractivity contribution in [3.8, 4) is 5.75 Å². The second-order valence-electron chi connectivity index (χ2n) is 27.6. The number of carboxylic acids is 1. The van der Waals surface area contributed by atoms with Crippen molar-refractivity contribution >= 4 is 123 Å². The number of nitrogens with two attached hydrogens (primary N) is 6. The number of carbonyl (C=O) groups excluding carboxylic acids is 16. The van der Waals surface area contributed by atoms with Gasteiger partial charge in [0.15, 0.2) is 0 Å². The molecule has 4 aromatic carbocycles. The van der Waals surface area contributed by atoms with Gasteiger partial charge in [0.1, 0.15) is 78.3 Å². The van der Waals surface area contributed by atoms with Crippen LogP contribution in [0, 0.1) is 0 Å². The maximum atomic E-state index is 15.6. The Morgan fingerprint density at radius 1 is 0.579 bits per heavy atom. The molecule has 4 aromatic rings. The van der Waals surface area contributed by atoms with Gasteiger partial charge in [-0.1, -0.05) is 84.9 Å². The molecule has 1 aliphatic heterocycles. The molecule has 1 aliphatic rings. The van der Waals surface area contributed by atoms with E-state index in [0.29, 0.717) is 27.8 Å². The maximum Gasteiger partial charge on any atom is 0.303 e. The van der Waals surface area contributed by atoms with Gasteiger partial charge in [0.25, 0.3) is 0 Å². The molecule has 0 radical (unpaired) electrons. The Balaban J connectivity index is 1.66. The summed E-state index contributed by atoms with van der Waals surface area (Å²) in [4.78, 5) is 235. The number of aryl methyl sites for hydroxylation is 1. The predicted molar refractivity (Wildman–Crippen MR) is 415 cm³/mol. The first-order valence-corrected chi connectivity index (χ1v) is 38.1. The van der Waals surface area contributed by atoms with Gasteiger partial charge < -0.3 is 113 Å². The Kier molecular flexibility index (Phi) is 38.1. The predicted octanol–water partition coefficient (Wildman–Crippen LogP) is -5.14. The molecular weight excluding hydrogens is 1500 g/mol. The molecule has 0 aliphatic carbocycles. The van der Waals surface area contributed by atoms with Crippen molar-refractivity contribution in [3.05, 3.63) is 114 Å². The molecule has 620 valence electrons. The summed E-state index contributed by atoms with van der Waals surface area (Å²) in [5.74, 6) is -18.3. The number of carboxylic acid groups (broad SMARTS) is 1. The van der Waals surface area contributed by atoms with Crippen LogP contribution in [0.15, 0.2) is 97.1 Å². The topological polar surface area (TPSA) is 640 Å². The SMILES string of the molecule is CC(=O)N[C@H]1CCSC[C@@H](C(=O)N[C@@H](Cc2ccc(OCCN)cc2)C(=O)N[C@@H](Cc2ccc3ccccc3c2)C(=O)N[C@@](C)(CCCCN)C(=O)N[C@@H](CCC(=O)O)C(=O)N[C@@H](CC(N)=O)C(=O)NCC(N)=O)NC(=O)[C@H](CCC(N)=O)NC(=O)[C@H](CCc2ccccc2)NC(=O)[C@H]([C@@H](C)O)NC(=O)[C@H](CCC(N)=O)NC1=O. The average molecular weight is 1610 g/mol. The third-order valence-corrected chi connectivity index (χ3v) is 19.2. The number of benzene rings is 4. The van der Waals surface area contributed by atoms with Crippen LogP contribution in [0.3, 0.4) is 0 Å². The highest BCUT2D eigenvalue weighted by atomic mass is 32.2. The number of aliphatic hydroxyl groups is 1. The molecule has 1 heterocycles. The molecule has 38 nitrogen and oxygen atoms in total. The first-order valence-electron chi connectivity index (χ1n) is 36.9. The van der Waals surface area contributed by atoms with Gasteiger partial charge in [-0.3, -0.25) is 81.5 Å². The number of amides is 16. The molecule has 1 saturated heterocycles. The molecule has 39 heteroatoms. The van der Waals surface area contributed by atoms with Crippen molar-refractivity contribution in [2.45, 2.75) is 189 Å². The van der Waals surface area contributed by atoms with Crippen molar-refractivity contribution in [1.82, 2.24) is 63.8 Å². The fraction of sp³-hybridized carbons (Fsp3) is 0.480. The molecule has 0 saturated carbocycles. The highest BCUT2D eigenvalue weighted by Gasteiger charge is 2.42. The van der Waals surface area contributed by atoms with Gasteiger partial charge >= 0.3 is 5.97 Å². The number of aliphatic carboxylic acids is 1. The van der Waals surface area contributed by atoms with Crippen LogP contribution >= 0.6 is 11.8 Å². The molecule has 12 atom stereocenters. The third-order valence-electron chi connectivity index (χ3n) is 18.1. The molecule has 16 amide bonds. The number of primary amides is 4. The standard InChI is InChI=1S/C75H104N18O20S/c1-41(94)63-73(111)86-49(22-18-43-11-5-4-6-12-43)65(103)84-50(23-26-58(78)96)66(104)90-57(40-114-34-29-53(83-42(2)95)68(106)85-51(69(107)92-63)24-27-59(79)97)71(109)87-54(36-44-16-20-48(21-17-44)113-33-32-77)70(108)88-55(37-45-15-19-46-13-7-8-14-47(46)35-45)72(110)93-75(3,30-9-10-31-76)74(112)91-52(25-28-62(100)101)67(105)89-56(38-60(80)98)64(102)82-39-61(81)99/h4-8,11-17,19-21,35,41,49-57,63,94H,9-10,18,22-34,36-40,76-77H2,1-3H3,(H2,78,96)(H2,79,97)(H2,80,98)(H2,81,99)(H,82,102)(H,83,95)(H,84,103)(H,85,106)(H,86,111)(H,87,109)(H,88,108)(H,89,105)(H,90,104)(H,91,112)(H,92,107)(H,93,110)(H,100,101)/t41-,49+,50+,51+,52+,53+,54+,55+,56+,57+,63+,75+/m1/s1. The normalized spacial score (nSPS) is 19.0. The Morgan fingerprint density at radius 2 is 1.15 bits per heavy atom. The van der Waals surface area contributed by atoms with E-state index in [1.807, 2.05) is 6.07 Å². The number of rotatable bonds is 40. The number of carbonyl (C=O) groups is 17. The van der Waals surface area contributed by atoms with E-state index in [1.165, 1.54) is 6.92 Å². The van der Waals surface area contributed by atoms with E-state index in [-0.39, 0.29) is 70.4 Å². The zero-order valence-corrected chi connectivity index (χ0v) is 64.4. The third kappa shape index (κ3) is 32.1. The number of thioether (sulfide) groups is 1. The average Bonchev–Trinajstić information content (AvgIpc) is 0.807. The van der Waals surface area contributed by atoms with Crippen molar-refractivity contribution in [1.29, 1.82) is 0 Å². The van der Waals surface area contributed by atoms with Gasteiger partial charge in [0, 0.05) is 51.3 Å². The number of aliphatic hydroxyl groups excluding tert-OH is 1. The lowest BCUT2D eigenvalue weighted by Gasteiger charge is -2.34. The molecule has 0 unspecified atom stereocenters. The largest absolute Gasteiger partial charge is 0.492 e. The smallest absolute Gasteiger partial charge is 0.303 e. The fourth-order valence-corrected chi connectivity index (χ4v) is 13.0. The van der Waals surface area contributed by atoms with E-state index >= 15 is 19.2 Å². The van der Waals surface area contributed by atoms with Crippen LogP contribution in [-0.4, -0.2) is 221 Å². The number of hydrogen-bond donors (Lipinski definition) is 20. The van der Waals surface area contributed by atoms with E-state index < -0.39 is 236 Å². The maximum absolute atomic E-state index is 15.6. The molecule has 26 N–H and O–H groups in total. The Morgan fingerprint density at radius 3 is 1.75 bits per heavy atom.